The number of nitrogens with one attached hydrogen (secondary N) is 1. The van der Waals surface area contributed by atoms with Crippen LogP contribution in [-0.4, -0.2) is 16.8 Å². The van der Waals surface area contributed by atoms with Gasteiger partial charge in [-0.25, -0.2) is 4.39 Å². The van der Waals surface area contributed by atoms with Crippen LogP contribution >= 0.6 is 31.9 Å². The van der Waals surface area contributed by atoms with Crippen LogP contribution in [0.3, 0.4) is 0 Å². The molecule has 0 aliphatic rings. The molecule has 0 saturated carbocycles. The molecule has 2 aromatic rings. The van der Waals surface area contributed by atoms with Gasteiger partial charge in [0.15, 0.2) is 0 Å². The summed E-state index contributed by atoms with van der Waals surface area (Å²) in [5, 5.41) is 7.66. The van der Waals surface area contributed by atoms with Crippen molar-refractivity contribution in [2.24, 2.45) is 0 Å². The average molecular weight is 405 g/mol. The van der Waals surface area contributed by atoms with Crippen molar-refractivity contribution < 1.29 is 4.39 Å². The molecule has 1 heterocycles. The van der Waals surface area contributed by atoms with E-state index in [0.717, 1.165) is 28.7 Å². The zero-order chi connectivity index (χ0) is 14.7. The number of hydrogen-bond donors (Lipinski definition) is 1. The molecule has 2 rings (SSSR count). The Morgan fingerprint density at radius 3 is 2.70 bits per heavy atom. The monoisotopic (exact) mass is 403 g/mol. The molecule has 1 N–H and O–H groups in total. The lowest BCUT2D eigenvalue weighted by atomic mass is 10.0. The van der Waals surface area contributed by atoms with Crippen LogP contribution in [0, 0.1) is 5.82 Å². The molecule has 0 radical (unpaired) electrons. The van der Waals surface area contributed by atoms with Crippen LogP contribution in [0.2, 0.25) is 0 Å². The Morgan fingerprint density at radius 1 is 1.35 bits per heavy atom. The smallest absolute Gasteiger partial charge is 0.137 e. The summed E-state index contributed by atoms with van der Waals surface area (Å²) in [6.07, 6.45) is 2.80. The maximum Gasteiger partial charge on any atom is 0.137 e. The molecule has 0 saturated heterocycles. The Labute approximate surface area is 134 Å². The Kier molecular flexibility index (Phi) is 5.35. The standard InChI is InChI=1S/C14H16Br2FN3/c1-3-6-20-14(11(16)8-19-20)13(18-2)9-4-5-12(17)10(15)7-9/h4-5,7-8,13,18H,3,6H2,1-2H3. The second-order valence-electron chi connectivity index (χ2n) is 4.50. The third-order valence-electron chi connectivity index (χ3n) is 3.11. The number of benzene rings is 1. The van der Waals surface area contributed by atoms with Gasteiger partial charge < -0.3 is 5.32 Å². The second-order valence-corrected chi connectivity index (χ2v) is 6.20. The first-order valence-electron chi connectivity index (χ1n) is 6.41. The minimum absolute atomic E-state index is 0.0460. The molecule has 1 unspecified atom stereocenters. The lowest BCUT2D eigenvalue weighted by molar-refractivity contribution is 0.532. The molecule has 0 fully saturated rings. The van der Waals surface area contributed by atoms with Crippen molar-refractivity contribution in [1.82, 2.24) is 15.1 Å². The average Bonchev–Trinajstić information content (AvgIpc) is 2.77. The first kappa shape index (κ1) is 15.7. The molecule has 108 valence electrons. The Hall–Kier alpha value is -0.720. The van der Waals surface area contributed by atoms with E-state index in [9.17, 15) is 4.39 Å². The molecule has 0 aliphatic heterocycles. The van der Waals surface area contributed by atoms with Crippen molar-refractivity contribution in [2.75, 3.05) is 7.05 Å². The Morgan fingerprint density at radius 2 is 2.10 bits per heavy atom. The van der Waals surface area contributed by atoms with E-state index in [0.29, 0.717) is 4.47 Å². The lowest BCUT2D eigenvalue weighted by Gasteiger charge is -2.19. The number of hydrogen-bond acceptors (Lipinski definition) is 2. The predicted molar refractivity (Wildman–Crippen MR) is 85.2 cm³/mol. The van der Waals surface area contributed by atoms with E-state index < -0.39 is 0 Å². The molecular formula is C14H16Br2FN3. The van der Waals surface area contributed by atoms with Gasteiger partial charge in [-0.1, -0.05) is 13.0 Å². The summed E-state index contributed by atoms with van der Waals surface area (Å²) in [5.41, 5.74) is 2.03. The normalized spacial score (nSPS) is 12.7. The fourth-order valence-corrected chi connectivity index (χ4v) is 3.12. The summed E-state index contributed by atoms with van der Waals surface area (Å²) in [6, 6.07) is 5.01. The van der Waals surface area contributed by atoms with E-state index >= 15 is 0 Å². The summed E-state index contributed by atoms with van der Waals surface area (Å²) in [7, 11) is 1.89. The van der Waals surface area contributed by atoms with Crippen molar-refractivity contribution in [2.45, 2.75) is 25.9 Å². The van der Waals surface area contributed by atoms with Crippen LogP contribution in [0.25, 0.3) is 0 Å². The first-order valence-corrected chi connectivity index (χ1v) is 8.00. The number of nitrogens with zero attached hydrogens (tertiary/aromatic N) is 2. The van der Waals surface area contributed by atoms with Gasteiger partial charge in [0, 0.05) is 6.54 Å². The highest BCUT2D eigenvalue weighted by Gasteiger charge is 2.21. The van der Waals surface area contributed by atoms with Gasteiger partial charge in [-0.3, -0.25) is 4.68 Å². The summed E-state index contributed by atoms with van der Waals surface area (Å²) in [4.78, 5) is 0. The van der Waals surface area contributed by atoms with E-state index in [1.165, 1.54) is 6.07 Å². The van der Waals surface area contributed by atoms with Crippen molar-refractivity contribution in [3.63, 3.8) is 0 Å². The number of aryl methyl sites for hydroxylation is 1. The van der Waals surface area contributed by atoms with Crippen molar-refractivity contribution in [3.8, 4) is 0 Å². The highest BCUT2D eigenvalue weighted by Crippen LogP contribution is 2.30. The van der Waals surface area contributed by atoms with E-state index in [2.05, 4.69) is 49.2 Å². The molecule has 1 aromatic carbocycles. The summed E-state index contributed by atoms with van der Waals surface area (Å²) in [6.45, 7) is 2.96. The highest BCUT2D eigenvalue weighted by atomic mass is 79.9. The van der Waals surface area contributed by atoms with Crippen LogP contribution in [0.1, 0.15) is 30.6 Å². The number of halogens is 3. The van der Waals surface area contributed by atoms with Crippen molar-refractivity contribution in [1.29, 1.82) is 0 Å². The third kappa shape index (κ3) is 3.13. The highest BCUT2D eigenvalue weighted by molar-refractivity contribution is 9.10. The fraction of sp³-hybridized carbons (Fsp3) is 0.357. The van der Waals surface area contributed by atoms with Crippen LogP contribution in [0.4, 0.5) is 4.39 Å². The molecular weight excluding hydrogens is 389 g/mol. The number of rotatable bonds is 5. The molecule has 0 aliphatic carbocycles. The molecule has 3 nitrogen and oxygen atoms in total. The third-order valence-corrected chi connectivity index (χ3v) is 4.33. The summed E-state index contributed by atoms with van der Waals surface area (Å²) in [5.74, 6) is -0.260. The number of aromatic nitrogens is 2. The molecule has 1 atom stereocenters. The van der Waals surface area contributed by atoms with Gasteiger partial charge in [-0.15, -0.1) is 0 Å². The minimum Gasteiger partial charge on any atom is -0.308 e. The Balaban J connectivity index is 2.46. The first-order chi connectivity index (χ1) is 9.58. The van der Waals surface area contributed by atoms with Crippen LogP contribution in [0.5, 0.6) is 0 Å². The maximum absolute atomic E-state index is 13.4. The van der Waals surface area contributed by atoms with Crippen molar-refractivity contribution >= 4 is 31.9 Å². The van der Waals surface area contributed by atoms with Crippen LogP contribution in [0.15, 0.2) is 33.3 Å². The SMILES string of the molecule is CCCn1ncc(Br)c1C(NC)c1ccc(F)c(Br)c1. The van der Waals surface area contributed by atoms with Crippen LogP contribution in [-0.2, 0) is 6.54 Å². The molecule has 0 amide bonds. The zero-order valence-electron chi connectivity index (χ0n) is 11.3. The quantitative estimate of drug-likeness (QED) is 0.806. The van der Waals surface area contributed by atoms with E-state index in [1.54, 1.807) is 18.3 Å². The van der Waals surface area contributed by atoms with E-state index in [4.69, 9.17) is 0 Å². The van der Waals surface area contributed by atoms with Gasteiger partial charge in [0.05, 0.1) is 26.9 Å². The molecule has 1 aromatic heterocycles. The predicted octanol–water partition coefficient (Wildman–Crippen LogP) is 4.27. The van der Waals surface area contributed by atoms with Gasteiger partial charge in [-0.2, -0.15) is 5.10 Å². The van der Waals surface area contributed by atoms with Gasteiger partial charge in [0.2, 0.25) is 0 Å². The zero-order valence-corrected chi connectivity index (χ0v) is 14.5. The molecule has 0 bridgehead atoms. The van der Waals surface area contributed by atoms with Crippen molar-refractivity contribution in [3.05, 3.63) is 50.4 Å². The molecule has 20 heavy (non-hydrogen) atoms. The lowest BCUT2D eigenvalue weighted by Crippen LogP contribution is -2.22. The second kappa shape index (κ2) is 6.83. The van der Waals surface area contributed by atoms with Gasteiger partial charge >= 0.3 is 0 Å². The maximum atomic E-state index is 13.4. The summed E-state index contributed by atoms with van der Waals surface area (Å²) >= 11 is 6.79. The molecule has 0 spiro atoms. The topological polar surface area (TPSA) is 29.9 Å². The minimum atomic E-state index is -0.260. The van der Waals surface area contributed by atoms with Gasteiger partial charge in [0.1, 0.15) is 5.82 Å². The van der Waals surface area contributed by atoms with Gasteiger partial charge in [0.25, 0.3) is 0 Å². The van der Waals surface area contributed by atoms with E-state index in [-0.39, 0.29) is 11.9 Å². The van der Waals surface area contributed by atoms with E-state index in [1.807, 2.05) is 11.7 Å². The molecule has 6 heteroatoms. The van der Waals surface area contributed by atoms with Crippen LogP contribution < -0.4 is 5.32 Å². The fourth-order valence-electron chi connectivity index (χ4n) is 2.20. The summed E-state index contributed by atoms with van der Waals surface area (Å²) < 4.78 is 16.8. The Bertz CT molecular complexity index is 598. The largest absolute Gasteiger partial charge is 0.308 e. The van der Waals surface area contributed by atoms with Gasteiger partial charge in [-0.05, 0) is 63.0 Å².